The average molecular weight is 308 g/mol. The van der Waals surface area contributed by atoms with E-state index in [1.807, 2.05) is 63.3 Å². The van der Waals surface area contributed by atoms with E-state index in [1.54, 1.807) is 0 Å². The molecule has 0 fully saturated rings. The largest absolute Gasteiger partial charge is 0.490 e. The first-order chi connectivity index (χ1) is 11.2. The lowest BCUT2D eigenvalue weighted by Gasteiger charge is -2.13. The van der Waals surface area contributed by atoms with Crippen LogP contribution in [0.5, 0.6) is 17.2 Å². The van der Waals surface area contributed by atoms with Gasteiger partial charge in [-0.15, -0.1) is 0 Å². The van der Waals surface area contributed by atoms with E-state index < -0.39 is 0 Å². The summed E-state index contributed by atoms with van der Waals surface area (Å²) in [6.07, 6.45) is 6.15. The molecule has 2 nitrogen and oxygen atoms in total. The van der Waals surface area contributed by atoms with Crippen molar-refractivity contribution < 1.29 is 9.47 Å². The Kier molecular flexibility index (Phi) is 6.04. The summed E-state index contributed by atoms with van der Waals surface area (Å²) >= 11 is 0. The zero-order valence-electron chi connectivity index (χ0n) is 14.3. The molecule has 0 heterocycles. The zero-order valence-corrected chi connectivity index (χ0v) is 14.3. The molecule has 0 spiro atoms. The van der Waals surface area contributed by atoms with E-state index in [2.05, 4.69) is 25.1 Å². The molecule has 0 bridgehead atoms. The second-order valence-electron chi connectivity index (χ2n) is 5.24. The summed E-state index contributed by atoms with van der Waals surface area (Å²) in [5.74, 6) is 2.30. The third-order valence-electron chi connectivity index (χ3n) is 3.60. The van der Waals surface area contributed by atoms with Crippen molar-refractivity contribution in [3.8, 4) is 17.2 Å². The molecular formula is C21H24O2. The highest BCUT2D eigenvalue weighted by Crippen LogP contribution is 2.33. The van der Waals surface area contributed by atoms with Crippen LogP contribution in [0.1, 0.15) is 38.8 Å². The van der Waals surface area contributed by atoms with Crippen molar-refractivity contribution in [2.24, 2.45) is 0 Å². The predicted octanol–water partition coefficient (Wildman–Crippen LogP) is 6.33. The standard InChI is InChI=1S/C21H24O2/c1-5-8-17-9-14-20(22-7-3)21(15-17)23-19-12-10-18(11-13-19)16(4)6-2/h5-6,8-15H,7H2,1-4H3/b8-5+,16-6?. The number of hydrogen-bond donors (Lipinski definition) is 0. The van der Waals surface area contributed by atoms with Crippen molar-refractivity contribution in [3.05, 3.63) is 65.7 Å². The van der Waals surface area contributed by atoms with Gasteiger partial charge in [-0.1, -0.05) is 36.4 Å². The van der Waals surface area contributed by atoms with E-state index >= 15 is 0 Å². The van der Waals surface area contributed by atoms with Gasteiger partial charge in [-0.3, -0.25) is 0 Å². The minimum atomic E-state index is 0.610. The van der Waals surface area contributed by atoms with Gasteiger partial charge < -0.3 is 9.47 Å². The molecule has 0 unspecified atom stereocenters. The second kappa shape index (κ2) is 8.23. The van der Waals surface area contributed by atoms with Crippen molar-refractivity contribution in [2.45, 2.75) is 27.7 Å². The van der Waals surface area contributed by atoms with Crippen LogP contribution in [-0.4, -0.2) is 6.61 Å². The van der Waals surface area contributed by atoms with Gasteiger partial charge in [-0.05, 0) is 68.7 Å². The van der Waals surface area contributed by atoms with Crippen LogP contribution in [0.15, 0.2) is 54.6 Å². The van der Waals surface area contributed by atoms with Gasteiger partial charge in [0.25, 0.3) is 0 Å². The Morgan fingerprint density at radius 1 is 1.00 bits per heavy atom. The van der Waals surface area contributed by atoms with Gasteiger partial charge in [0.05, 0.1) is 6.61 Å². The number of benzene rings is 2. The molecule has 2 rings (SSSR count). The highest BCUT2D eigenvalue weighted by Gasteiger charge is 2.07. The maximum atomic E-state index is 6.04. The Bertz CT molecular complexity index is 694. The summed E-state index contributed by atoms with van der Waals surface area (Å²) in [6, 6.07) is 14.1. The smallest absolute Gasteiger partial charge is 0.169 e. The van der Waals surface area contributed by atoms with Gasteiger partial charge in [0, 0.05) is 0 Å². The summed E-state index contributed by atoms with van der Waals surface area (Å²) < 4.78 is 11.7. The lowest BCUT2D eigenvalue weighted by Crippen LogP contribution is -1.95. The van der Waals surface area contributed by atoms with E-state index in [1.165, 1.54) is 11.1 Å². The van der Waals surface area contributed by atoms with Gasteiger partial charge in [-0.25, -0.2) is 0 Å². The Morgan fingerprint density at radius 2 is 1.74 bits per heavy atom. The van der Waals surface area contributed by atoms with Crippen LogP contribution in [0.4, 0.5) is 0 Å². The SMILES string of the molecule is CC=C(C)c1ccc(Oc2cc(/C=C/C)ccc2OCC)cc1. The zero-order chi connectivity index (χ0) is 16.7. The topological polar surface area (TPSA) is 18.5 Å². The Labute approximate surface area is 139 Å². The lowest BCUT2D eigenvalue weighted by atomic mass is 10.1. The fraction of sp³-hybridized carbons (Fsp3) is 0.238. The number of rotatable bonds is 6. The van der Waals surface area contributed by atoms with Crippen molar-refractivity contribution >= 4 is 11.6 Å². The first-order valence-corrected chi connectivity index (χ1v) is 7.98. The third kappa shape index (κ3) is 4.49. The molecule has 0 atom stereocenters. The molecule has 0 radical (unpaired) electrons. The molecule has 0 aromatic heterocycles. The van der Waals surface area contributed by atoms with Crippen LogP contribution in [0, 0.1) is 0 Å². The fourth-order valence-electron chi connectivity index (χ4n) is 2.25. The minimum absolute atomic E-state index is 0.610. The minimum Gasteiger partial charge on any atom is -0.490 e. The van der Waals surface area contributed by atoms with Crippen molar-refractivity contribution in [1.29, 1.82) is 0 Å². The van der Waals surface area contributed by atoms with Crippen molar-refractivity contribution in [2.75, 3.05) is 6.61 Å². The molecule has 0 saturated carbocycles. The van der Waals surface area contributed by atoms with Gasteiger partial charge in [-0.2, -0.15) is 0 Å². The Hall–Kier alpha value is -2.48. The molecule has 2 heteroatoms. The number of hydrogen-bond acceptors (Lipinski definition) is 2. The summed E-state index contributed by atoms with van der Waals surface area (Å²) in [5.41, 5.74) is 3.54. The molecule has 2 aromatic rings. The highest BCUT2D eigenvalue weighted by atomic mass is 16.5. The first-order valence-electron chi connectivity index (χ1n) is 7.98. The molecule has 0 N–H and O–H groups in total. The monoisotopic (exact) mass is 308 g/mol. The molecule has 23 heavy (non-hydrogen) atoms. The molecule has 0 aliphatic rings. The van der Waals surface area contributed by atoms with Gasteiger partial charge in [0.1, 0.15) is 5.75 Å². The Morgan fingerprint density at radius 3 is 2.35 bits per heavy atom. The van der Waals surface area contributed by atoms with Crippen LogP contribution >= 0.6 is 0 Å². The molecule has 0 aliphatic heterocycles. The third-order valence-corrected chi connectivity index (χ3v) is 3.60. The summed E-state index contributed by atoms with van der Waals surface area (Å²) in [7, 11) is 0. The molecule has 0 aliphatic carbocycles. The normalized spacial score (nSPS) is 11.7. The van der Waals surface area contributed by atoms with Crippen LogP contribution in [0.3, 0.4) is 0 Å². The lowest BCUT2D eigenvalue weighted by molar-refractivity contribution is 0.321. The van der Waals surface area contributed by atoms with Crippen LogP contribution in [0.2, 0.25) is 0 Å². The predicted molar refractivity (Wildman–Crippen MR) is 98.2 cm³/mol. The number of ether oxygens (including phenoxy) is 2. The van der Waals surface area contributed by atoms with E-state index in [9.17, 15) is 0 Å². The van der Waals surface area contributed by atoms with Crippen LogP contribution in [0.25, 0.3) is 11.6 Å². The molecule has 0 amide bonds. The average Bonchev–Trinajstić information content (AvgIpc) is 2.57. The summed E-state index contributed by atoms with van der Waals surface area (Å²) in [6.45, 7) is 8.72. The van der Waals surface area contributed by atoms with Crippen molar-refractivity contribution in [1.82, 2.24) is 0 Å². The van der Waals surface area contributed by atoms with E-state index in [0.29, 0.717) is 6.61 Å². The van der Waals surface area contributed by atoms with E-state index in [0.717, 1.165) is 22.8 Å². The maximum absolute atomic E-state index is 6.04. The first kappa shape index (κ1) is 16.9. The summed E-state index contributed by atoms with van der Waals surface area (Å²) in [5, 5.41) is 0. The maximum Gasteiger partial charge on any atom is 0.169 e. The molecule has 120 valence electrons. The van der Waals surface area contributed by atoms with Crippen LogP contribution < -0.4 is 9.47 Å². The van der Waals surface area contributed by atoms with Gasteiger partial charge in [0.15, 0.2) is 11.5 Å². The van der Waals surface area contributed by atoms with Crippen molar-refractivity contribution in [3.63, 3.8) is 0 Å². The second-order valence-corrected chi connectivity index (χ2v) is 5.24. The summed E-state index contributed by atoms with van der Waals surface area (Å²) in [4.78, 5) is 0. The molecule has 2 aromatic carbocycles. The van der Waals surface area contributed by atoms with E-state index in [4.69, 9.17) is 9.47 Å². The fourth-order valence-corrected chi connectivity index (χ4v) is 2.25. The quantitative estimate of drug-likeness (QED) is 0.620. The molecule has 0 saturated heterocycles. The highest BCUT2D eigenvalue weighted by molar-refractivity contribution is 5.64. The van der Waals surface area contributed by atoms with E-state index in [-0.39, 0.29) is 0 Å². The van der Waals surface area contributed by atoms with Gasteiger partial charge in [0.2, 0.25) is 0 Å². The molecular weight excluding hydrogens is 284 g/mol. The number of allylic oxidation sites excluding steroid dienone is 3. The van der Waals surface area contributed by atoms with Gasteiger partial charge >= 0.3 is 0 Å². The van der Waals surface area contributed by atoms with Crippen LogP contribution in [-0.2, 0) is 0 Å². The Balaban J connectivity index is 2.28.